The van der Waals surface area contributed by atoms with Gasteiger partial charge < -0.3 is 19.8 Å². The molecule has 1 aromatic heterocycles. The van der Waals surface area contributed by atoms with Gasteiger partial charge in [0, 0.05) is 24.8 Å². The number of hydrogen-bond acceptors (Lipinski definition) is 6. The minimum Gasteiger partial charge on any atom is -0.385 e. The lowest BCUT2D eigenvalue weighted by Gasteiger charge is -2.09. The van der Waals surface area contributed by atoms with E-state index in [9.17, 15) is 13.2 Å². The number of hydrogen-bond donors (Lipinski definition) is 4. The van der Waals surface area contributed by atoms with E-state index >= 15 is 0 Å². The highest BCUT2D eigenvalue weighted by Gasteiger charge is 2.17. The molecule has 4 N–H and O–H groups in total. The predicted molar refractivity (Wildman–Crippen MR) is 156 cm³/mol. The summed E-state index contributed by atoms with van der Waals surface area (Å²) in [4.78, 5) is 19.6. The quantitative estimate of drug-likeness (QED) is 0.163. The molecule has 5 aromatic rings. The Morgan fingerprint density at radius 1 is 0.800 bits per heavy atom. The summed E-state index contributed by atoms with van der Waals surface area (Å²) < 4.78 is 31.1. The Labute approximate surface area is 232 Å². The van der Waals surface area contributed by atoms with Gasteiger partial charge in [-0.25, -0.2) is 9.78 Å². The lowest BCUT2D eigenvalue weighted by Crippen LogP contribution is -2.30. The van der Waals surface area contributed by atoms with Crippen molar-refractivity contribution in [2.45, 2.75) is 17.7 Å². The van der Waals surface area contributed by atoms with Gasteiger partial charge in [0.2, 0.25) is 5.95 Å². The molecule has 0 aliphatic rings. The number of anilines is 2. The highest BCUT2D eigenvalue weighted by atomic mass is 32.2. The molecule has 0 saturated carbocycles. The molecular weight excluding hydrogens is 526 g/mol. The number of imidazole rings is 1. The van der Waals surface area contributed by atoms with E-state index in [2.05, 4.69) is 38.1 Å². The first-order valence-electron chi connectivity index (χ1n) is 12.9. The molecule has 5 rings (SSSR count). The normalized spacial score (nSPS) is 11.2. The molecule has 40 heavy (non-hydrogen) atoms. The molecule has 0 fully saturated rings. The Morgan fingerprint density at radius 3 is 2.12 bits per heavy atom. The molecule has 9 nitrogen and oxygen atoms in total. The predicted octanol–water partition coefficient (Wildman–Crippen LogP) is 5.35. The number of benzene rings is 4. The third-order valence-corrected chi connectivity index (χ3v) is 7.42. The van der Waals surface area contributed by atoms with Crippen LogP contribution in [-0.4, -0.2) is 37.5 Å². The summed E-state index contributed by atoms with van der Waals surface area (Å²) in [7, 11) is -4.05. The molecule has 2 amide bonds. The number of H-pyrrole nitrogens is 1. The number of rotatable bonds is 11. The number of nitrogens with one attached hydrogen (secondary N) is 4. The fourth-order valence-corrected chi connectivity index (χ4v) is 5.05. The maximum Gasteiger partial charge on any atom is 0.339 e. The van der Waals surface area contributed by atoms with Gasteiger partial charge in [-0.15, -0.1) is 0 Å². The molecule has 1 heterocycles. The zero-order valence-electron chi connectivity index (χ0n) is 21.6. The van der Waals surface area contributed by atoms with Crippen LogP contribution in [0.3, 0.4) is 0 Å². The molecule has 204 valence electrons. The second kappa shape index (κ2) is 12.4. The summed E-state index contributed by atoms with van der Waals surface area (Å²) >= 11 is 0. The van der Waals surface area contributed by atoms with Crippen LogP contribution < -0.4 is 20.1 Å². The lowest BCUT2D eigenvalue weighted by molar-refractivity contribution is 0.252. The fourth-order valence-electron chi connectivity index (χ4n) is 4.13. The maximum atomic E-state index is 12.9. The summed E-state index contributed by atoms with van der Waals surface area (Å²) in [6, 6.07) is 30.7. The number of carbonyl (C=O) groups excluding carboxylic acids is 1. The van der Waals surface area contributed by atoms with E-state index in [1.165, 1.54) is 29.8 Å². The molecule has 0 saturated heterocycles. The highest BCUT2D eigenvalue weighted by molar-refractivity contribution is 7.87. The first-order chi connectivity index (χ1) is 19.4. The Balaban J connectivity index is 1.15. The van der Waals surface area contributed by atoms with Crippen molar-refractivity contribution in [2.75, 3.05) is 23.7 Å². The van der Waals surface area contributed by atoms with Crippen LogP contribution in [0.4, 0.5) is 16.4 Å². The Hall–Kier alpha value is -4.83. The van der Waals surface area contributed by atoms with Crippen molar-refractivity contribution in [3.63, 3.8) is 0 Å². The van der Waals surface area contributed by atoms with Crippen LogP contribution in [0.25, 0.3) is 11.0 Å². The topological polar surface area (TPSA) is 125 Å². The monoisotopic (exact) mass is 555 g/mol. The summed E-state index contributed by atoms with van der Waals surface area (Å²) in [5.74, 6) is 0.364. The molecule has 0 atom stereocenters. The van der Waals surface area contributed by atoms with E-state index < -0.39 is 16.1 Å². The molecule has 0 bridgehead atoms. The first-order valence-corrected chi connectivity index (χ1v) is 14.3. The summed E-state index contributed by atoms with van der Waals surface area (Å²) in [6.07, 6.45) is 1.56. The zero-order chi connectivity index (χ0) is 27.8. The van der Waals surface area contributed by atoms with Crippen molar-refractivity contribution in [1.29, 1.82) is 0 Å². The van der Waals surface area contributed by atoms with Gasteiger partial charge in [-0.05, 0) is 60.4 Å². The van der Waals surface area contributed by atoms with Gasteiger partial charge in [0.25, 0.3) is 0 Å². The number of aromatic amines is 1. The van der Waals surface area contributed by atoms with Crippen LogP contribution >= 0.6 is 0 Å². The van der Waals surface area contributed by atoms with Gasteiger partial charge in [0.15, 0.2) is 0 Å². The Kier molecular flexibility index (Phi) is 8.26. The van der Waals surface area contributed by atoms with Gasteiger partial charge in [0.1, 0.15) is 10.6 Å². The van der Waals surface area contributed by atoms with Crippen LogP contribution in [0.1, 0.15) is 11.1 Å². The molecule has 0 aliphatic heterocycles. The Morgan fingerprint density at radius 2 is 1.45 bits per heavy atom. The minimum absolute atomic E-state index is 0.0420. The second-order valence-electron chi connectivity index (χ2n) is 9.11. The van der Waals surface area contributed by atoms with E-state index in [-0.39, 0.29) is 16.6 Å². The standard InChI is InChI=1S/C30H29N5O4S/c36-30(32-20-18-23-9-5-2-6-10-23)35-29-33-27-16-13-25(21-28(27)34-29)39-40(37,38)26-14-11-24(12-15-26)31-19-17-22-7-3-1-4-8-22/h1-16,21,31H,17-20H2,(H3,32,33,34,35,36). The van der Waals surface area contributed by atoms with E-state index in [4.69, 9.17) is 4.18 Å². The number of aromatic nitrogens is 2. The van der Waals surface area contributed by atoms with E-state index in [1.807, 2.05) is 48.5 Å². The first kappa shape index (κ1) is 26.8. The molecule has 0 spiro atoms. The number of urea groups is 1. The summed E-state index contributed by atoms with van der Waals surface area (Å²) in [5, 5.41) is 8.74. The smallest absolute Gasteiger partial charge is 0.339 e. The third-order valence-electron chi connectivity index (χ3n) is 6.16. The van der Waals surface area contributed by atoms with E-state index in [1.54, 1.807) is 18.2 Å². The van der Waals surface area contributed by atoms with Crippen LogP contribution in [0.5, 0.6) is 5.75 Å². The average molecular weight is 556 g/mol. The number of carbonyl (C=O) groups is 1. The Bertz CT molecular complexity index is 1670. The van der Waals surface area contributed by atoms with E-state index in [0.717, 1.165) is 24.2 Å². The molecule has 0 aliphatic carbocycles. The van der Waals surface area contributed by atoms with Gasteiger partial charge in [-0.1, -0.05) is 60.7 Å². The van der Waals surface area contributed by atoms with Crippen LogP contribution in [-0.2, 0) is 23.0 Å². The molecule has 4 aromatic carbocycles. The maximum absolute atomic E-state index is 12.9. The van der Waals surface area contributed by atoms with Crippen molar-refractivity contribution >= 4 is 38.8 Å². The molecular formula is C30H29N5O4S. The van der Waals surface area contributed by atoms with Crippen molar-refractivity contribution in [3.8, 4) is 5.75 Å². The molecule has 0 radical (unpaired) electrons. The second-order valence-corrected chi connectivity index (χ2v) is 10.7. The SMILES string of the molecule is O=C(NCCc1ccccc1)Nc1nc2ccc(OS(=O)(=O)c3ccc(NCCc4ccccc4)cc3)cc2[nH]1. The summed E-state index contributed by atoms with van der Waals surface area (Å²) in [6.45, 7) is 1.19. The summed E-state index contributed by atoms with van der Waals surface area (Å²) in [5.41, 5.74) is 4.24. The van der Waals surface area contributed by atoms with Crippen molar-refractivity contribution < 1.29 is 17.4 Å². The molecule has 0 unspecified atom stereocenters. The number of amides is 2. The van der Waals surface area contributed by atoms with Gasteiger partial charge >= 0.3 is 16.1 Å². The fraction of sp³-hybridized carbons (Fsp3) is 0.133. The third kappa shape index (κ3) is 7.17. The largest absolute Gasteiger partial charge is 0.385 e. The minimum atomic E-state index is -4.05. The van der Waals surface area contributed by atoms with E-state index in [0.29, 0.717) is 24.0 Å². The van der Waals surface area contributed by atoms with Gasteiger partial charge in [0.05, 0.1) is 11.0 Å². The molecule has 10 heteroatoms. The number of fused-ring (bicyclic) bond motifs is 1. The van der Waals surface area contributed by atoms with Crippen LogP contribution in [0, 0.1) is 0 Å². The van der Waals surface area contributed by atoms with Crippen LogP contribution in [0.2, 0.25) is 0 Å². The van der Waals surface area contributed by atoms with Crippen molar-refractivity contribution in [1.82, 2.24) is 15.3 Å². The van der Waals surface area contributed by atoms with Crippen LogP contribution in [0.15, 0.2) is 108 Å². The van der Waals surface area contributed by atoms with Crippen molar-refractivity contribution in [2.24, 2.45) is 0 Å². The average Bonchev–Trinajstić information content (AvgIpc) is 3.35. The lowest BCUT2D eigenvalue weighted by atomic mass is 10.1. The zero-order valence-corrected chi connectivity index (χ0v) is 22.4. The number of nitrogens with zero attached hydrogens (tertiary/aromatic N) is 1. The van der Waals surface area contributed by atoms with Crippen molar-refractivity contribution in [3.05, 3.63) is 114 Å². The van der Waals surface area contributed by atoms with Gasteiger partial charge in [-0.2, -0.15) is 8.42 Å². The van der Waals surface area contributed by atoms with Gasteiger partial charge in [-0.3, -0.25) is 5.32 Å². The highest BCUT2D eigenvalue weighted by Crippen LogP contribution is 2.24.